The molecule has 0 aromatic carbocycles. The third-order valence-electron chi connectivity index (χ3n) is 3.67. The number of nitrogens with zero attached hydrogens (tertiary/aromatic N) is 1. The van der Waals surface area contributed by atoms with Gasteiger partial charge in [-0.05, 0) is 25.2 Å². The average molecular weight is 272 g/mol. The van der Waals surface area contributed by atoms with Crippen LogP contribution in [-0.4, -0.2) is 59.9 Å². The van der Waals surface area contributed by atoms with Crippen molar-refractivity contribution in [2.45, 2.75) is 39.2 Å². The molecule has 1 rings (SSSR count). The number of β-amino-alcohol motifs (C(OH)–C–C–N with tert-alkyl or cyclic N) is 1. The van der Waals surface area contributed by atoms with Gasteiger partial charge in [-0.2, -0.15) is 0 Å². The van der Waals surface area contributed by atoms with Crippen molar-refractivity contribution in [1.29, 1.82) is 0 Å². The quantitative estimate of drug-likeness (QED) is 0.620. The Labute approximate surface area is 116 Å². The number of rotatable bonds is 7. The summed E-state index contributed by atoms with van der Waals surface area (Å²) in [6.07, 6.45) is 2.76. The van der Waals surface area contributed by atoms with Gasteiger partial charge in [0.2, 0.25) is 5.91 Å². The Kier molecular flexibility index (Phi) is 7.34. The molecule has 3 N–H and O–H groups in total. The maximum absolute atomic E-state index is 11.8. The molecule has 2 unspecified atom stereocenters. The predicted molar refractivity (Wildman–Crippen MR) is 74.7 cm³/mol. The number of aliphatic hydroxyl groups excluding tert-OH is 2. The number of hydrogen-bond donors (Lipinski definition) is 3. The summed E-state index contributed by atoms with van der Waals surface area (Å²) < 4.78 is 0. The van der Waals surface area contributed by atoms with Crippen LogP contribution in [0.3, 0.4) is 0 Å². The summed E-state index contributed by atoms with van der Waals surface area (Å²) in [6, 6.07) is 0.166. The van der Waals surface area contributed by atoms with Gasteiger partial charge in [0.25, 0.3) is 0 Å². The summed E-state index contributed by atoms with van der Waals surface area (Å²) in [5.74, 6) is 0.589. The number of hydrogen-bond acceptors (Lipinski definition) is 4. The van der Waals surface area contributed by atoms with E-state index in [1.54, 1.807) is 0 Å². The first-order valence-corrected chi connectivity index (χ1v) is 7.31. The Balaban J connectivity index is 2.51. The minimum atomic E-state index is 0.00381. The van der Waals surface area contributed by atoms with E-state index >= 15 is 0 Å². The van der Waals surface area contributed by atoms with Crippen LogP contribution in [-0.2, 0) is 4.79 Å². The third kappa shape index (κ3) is 5.89. The number of nitrogens with one attached hydrogen (secondary N) is 1. The van der Waals surface area contributed by atoms with Gasteiger partial charge < -0.3 is 15.5 Å². The van der Waals surface area contributed by atoms with Crippen molar-refractivity contribution in [1.82, 2.24) is 10.2 Å². The minimum absolute atomic E-state index is 0.00381. The van der Waals surface area contributed by atoms with Crippen LogP contribution in [0, 0.1) is 11.8 Å². The van der Waals surface area contributed by atoms with Gasteiger partial charge in [0, 0.05) is 38.2 Å². The molecule has 0 radical (unpaired) electrons. The summed E-state index contributed by atoms with van der Waals surface area (Å²) in [4.78, 5) is 14.0. The summed E-state index contributed by atoms with van der Waals surface area (Å²) >= 11 is 0. The van der Waals surface area contributed by atoms with Crippen LogP contribution in [0.1, 0.15) is 33.1 Å². The lowest BCUT2D eigenvalue weighted by molar-refractivity contribution is -0.125. The lowest BCUT2D eigenvalue weighted by Crippen LogP contribution is -2.52. The van der Waals surface area contributed by atoms with E-state index in [4.69, 9.17) is 10.2 Å². The van der Waals surface area contributed by atoms with Gasteiger partial charge in [-0.25, -0.2) is 0 Å². The number of carbonyl (C=O) groups excluding carboxylic acids is 1. The molecule has 0 spiro atoms. The van der Waals surface area contributed by atoms with E-state index in [0.717, 1.165) is 32.4 Å². The first-order chi connectivity index (χ1) is 9.06. The van der Waals surface area contributed by atoms with Crippen molar-refractivity contribution < 1.29 is 15.0 Å². The first kappa shape index (κ1) is 16.4. The smallest absolute Gasteiger partial charge is 0.222 e. The molecule has 1 saturated heterocycles. The predicted octanol–water partition coefficient (Wildman–Crippen LogP) is 0.214. The van der Waals surface area contributed by atoms with E-state index in [2.05, 4.69) is 10.2 Å². The van der Waals surface area contributed by atoms with Crippen LogP contribution in [0.25, 0.3) is 0 Å². The molecule has 0 saturated carbocycles. The third-order valence-corrected chi connectivity index (χ3v) is 3.67. The van der Waals surface area contributed by atoms with Crippen molar-refractivity contribution in [2.75, 3.05) is 32.8 Å². The minimum Gasteiger partial charge on any atom is -0.396 e. The fraction of sp³-hybridized carbons (Fsp3) is 0.929. The van der Waals surface area contributed by atoms with E-state index in [1.165, 1.54) is 0 Å². The molecule has 112 valence electrons. The molecule has 1 fully saturated rings. The van der Waals surface area contributed by atoms with Gasteiger partial charge in [0.1, 0.15) is 0 Å². The molecule has 1 aliphatic heterocycles. The SMILES string of the molecule is CC(C)C(=O)NC1CC(CCCO)CN(CCO)C1. The molecule has 1 aliphatic rings. The van der Waals surface area contributed by atoms with Crippen LogP contribution in [0.5, 0.6) is 0 Å². The summed E-state index contributed by atoms with van der Waals surface area (Å²) in [5.41, 5.74) is 0. The van der Waals surface area contributed by atoms with Crippen LogP contribution < -0.4 is 5.32 Å². The van der Waals surface area contributed by atoms with Gasteiger partial charge in [-0.1, -0.05) is 13.8 Å². The molecular formula is C14H28N2O3. The molecule has 2 atom stereocenters. The molecule has 19 heavy (non-hydrogen) atoms. The van der Waals surface area contributed by atoms with Crippen molar-refractivity contribution in [3.8, 4) is 0 Å². The standard InChI is InChI=1S/C14H28N2O3/c1-11(2)14(19)15-13-8-12(4-3-6-17)9-16(10-13)5-7-18/h11-13,17-18H,3-10H2,1-2H3,(H,15,19). The maximum Gasteiger partial charge on any atom is 0.222 e. The van der Waals surface area contributed by atoms with Gasteiger partial charge in [0.05, 0.1) is 6.61 Å². The molecule has 0 bridgehead atoms. The number of amides is 1. The van der Waals surface area contributed by atoms with Crippen molar-refractivity contribution in [2.24, 2.45) is 11.8 Å². The second-order valence-electron chi connectivity index (χ2n) is 5.81. The number of likely N-dealkylation sites (tertiary alicyclic amines) is 1. The number of aliphatic hydroxyl groups is 2. The second-order valence-corrected chi connectivity index (χ2v) is 5.81. The molecular weight excluding hydrogens is 244 g/mol. The lowest BCUT2D eigenvalue weighted by Gasteiger charge is -2.38. The zero-order valence-corrected chi connectivity index (χ0v) is 12.1. The zero-order chi connectivity index (χ0) is 14.3. The fourth-order valence-electron chi connectivity index (χ4n) is 2.69. The average Bonchev–Trinajstić information content (AvgIpc) is 2.36. The van der Waals surface area contributed by atoms with Gasteiger partial charge >= 0.3 is 0 Å². The fourth-order valence-corrected chi connectivity index (χ4v) is 2.69. The maximum atomic E-state index is 11.8. The molecule has 1 heterocycles. The molecule has 5 heteroatoms. The second kappa shape index (κ2) is 8.51. The van der Waals surface area contributed by atoms with Crippen molar-refractivity contribution >= 4 is 5.91 Å². The van der Waals surface area contributed by atoms with Crippen LogP contribution in [0.15, 0.2) is 0 Å². The Morgan fingerprint density at radius 1 is 1.32 bits per heavy atom. The highest BCUT2D eigenvalue weighted by atomic mass is 16.3. The van der Waals surface area contributed by atoms with Crippen molar-refractivity contribution in [3.63, 3.8) is 0 Å². The van der Waals surface area contributed by atoms with E-state index in [9.17, 15) is 4.79 Å². The van der Waals surface area contributed by atoms with Crippen LogP contribution in [0.4, 0.5) is 0 Å². The summed E-state index contributed by atoms with van der Waals surface area (Å²) in [5, 5.41) is 21.1. The topological polar surface area (TPSA) is 72.8 Å². The highest BCUT2D eigenvalue weighted by Crippen LogP contribution is 2.21. The van der Waals surface area contributed by atoms with Gasteiger partial charge in [0.15, 0.2) is 0 Å². The number of carbonyl (C=O) groups is 1. The number of piperidine rings is 1. The highest BCUT2D eigenvalue weighted by Gasteiger charge is 2.27. The highest BCUT2D eigenvalue weighted by molar-refractivity contribution is 5.78. The van der Waals surface area contributed by atoms with E-state index < -0.39 is 0 Å². The van der Waals surface area contributed by atoms with E-state index in [1.807, 2.05) is 13.8 Å². The monoisotopic (exact) mass is 272 g/mol. The Bertz CT molecular complexity index is 271. The van der Waals surface area contributed by atoms with Crippen molar-refractivity contribution in [3.05, 3.63) is 0 Å². The Hall–Kier alpha value is -0.650. The molecule has 0 aromatic rings. The lowest BCUT2D eigenvalue weighted by atomic mass is 9.90. The van der Waals surface area contributed by atoms with Crippen LogP contribution >= 0.6 is 0 Å². The van der Waals surface area contributed by atoms with E-state index in [0.29, 0.717) is 12.5 Å². The van der Waals surface area contributed by atoms with Crippen LogP contribution in [0.2, 0.25) is 0 Å². The van der Waals surface area contributed by atoms with E-state index in [-0.39, 0.29) is 31.1 Å². The van der Waals surface area contributed by atoms with Gasteiger partial charge in [-0.15, -0.1) is 0 Å². The Morgan fingerprint density at radius 2 is 2.05 bits per heavy atom. The summed E-state index contributed by atoms with van der Waals surface area (Å²) in [6.45, 7) is 6.59. The van der Waals surface area contributed by atoms with Gasteiger partial charge in [-0.3, -0.25) is 9.69 Å². The zero-order valence-electron chi connectivity index (χ0n) is 12.1. The summed E-state index contributed by atoms with van der Waals surface area (Å²) in [7, 11) is 0. The first-order valence-electron chi connectivity index (χ1n) is 7.31. The largest absolute Gasteiger partial charge is 0.396 e. The Morgan fingerprint density at radius 3 is 2.63 bits per heavy atom. The normalized spacial score (nSPS) is 24.7. The molecule has 5 nitrogen and oxygen atoms in total. The molecule has 1 amide bonds. The molecule has 0 aromatic heterocycles. The molecule has 0 aliphatic carbocycles.